The molecule has 4 aromatic rings. The Kier molecular flexibility index (Phi) is 11.9. The zero-order valence-electron chi connectivity index (χ0n) is 31.2. The molecule has 3 N–H and O–H groups in total. The molecule has 2 aromatic heterocycles. The van der Waals surface area contributed by atoms with Crippen molar-refractivity contribution in [1.29, 1.82) is 0 Å². The molecule has 0 fully saturated rings. The Labute approximate surface area is 308 Å². The molecular formula is C37H52ClN7O5S. The number of pyridine rings is 1. The predicted molar refractivity (Wildman–Crippen MR) is 205 cm³/mol. The van der Waals surface area contributed by atoms with Crippen LogP contribution in [-0.4, -0.2) is 60.9 Å². The molecule has 2 amide bonds. The molecule has 14 heteroatoms. The van der Waals surface area contributed by atoms with Gasteiger partial charge in [0.1, 0.15) is 11.9 Å². The van der Waals surface area contributed by atoms with Gasteiger partial charge in [-0.25, -0.2) is 13.2 Å². The van der Waals surface area contributed by atoms with Gasteiger partial charge in [-0.3, -0.25) is 14.0 Å². The van der Waals surface area contributed by atoms with E-state index in [0.29, 0.717) is 24.3 Å². The number of methoxy groups -OCH3 is 1. The number of anilines is 2. The number of halogens is 1. The number of hydrogen-bond donors (Lipinski definition) is 3. The Bertz CT molecular complexity index is 1970. The second-order valence-electron chi connectivity index (χ2n) is 15.2. The minimum absolute atomic E-state index is 0. The Morgan fingerprint density at radius 3 is 2.29 bits per heavy atom. The SMILES string of the molecule is COc1c(NC(=O)N[C@H]2CC[C@@H](Oc3ccc4nnc(C(C)(C)N(C)C)n4c3)c3ccccc32)cc(C(C)(C)C)cc1NS(=O)(=O)CC(C)C.Cl. The number of amides is 2. The number of hydrogen-bond acceptors (Lipinski definition) is 8. The molecular weight excluding hydrogens is 690 g/mol. The van der Waals surface area contributed by atoms with Crippen LogP contribution in [0.5, 0.6) is 11.5 Å². The third-order valence-corrected chi connectivity index (χ3v) is 10.9. The van der Waals surface area contributed by atoms with Gasteiger partial charge in [-0.1, -0.05) is 58.9 Å². The van der Waals surface area contributed by atoms with Crippen molar-refractivity contribution in [3.05, 3.63) is 77.2 Å². The number of carbonyl (C=O) groups excluding carboxylic acids is 1. The first-order valence-corrected chi connectivity index (χ1v) is 18.6. The number of nitrogens with one attached hydrogen (secondary N) is 3. The first-order valence-electron chi connectivity index (χ1n) is 17.0. The maximum absolute atomic E-state index is 13.6. The molecule has 1 aliphatic rings. The van der Waals surface area contributed by atoms with Crippen molar-refractivity contribution in [2.75, 3.05) is 37.0 Å². The summed E-state index contributed by atoms with van der Waals surface area (Å²) in [5.74, 6) is 1.63. The van der Waals surface area contributed by atoms with Crippen LogP contribution in [0, 0.1) is 5.92 Å². The Morgan fingerprint density at radius 2 is 1.67 bits per heavy atom. The standard InChI is InChI=1S/C37H51N7O5S.ClH/c1-23(2)22-50(46,47)42-30-20-24(36(3,4)5)19-29(33(30)48-10)39-35(45)38-28-16-17-31(27-14-12-11-13-26(27)28)49-25-15-18-32-40-41-34(44(32)21-25)37(6,7)43(8)9;/h11-15,18-21,23,28,31,42H,16-17,22H2,1-10H3,(H2,38,39,45);1H/t28-,31+;/m0./s1. The smallest absolute Gasteiger partial charge is 0.319 e. The van der Waals surface area contributed by atoms with Crippen molar-refractivity contribution in [3.8, 4) is 11.5 Å². The predicted octanol–water partition coefficient (Wildman–Crippen LogP) is 7.43. The molecule has 0 aliphatic heterocycles. The Hall–Kier alpha value is -4.07. The van der Waals surface area contributed by atoms with Crippen molar-refractivity contribution >= 4 is 45.5 Å². The van der Waals surface area contributed by atoms with E-state index in [-0.39, 0.29) is 58.6 Å². The molecule has 5 rings (SSSR count). The fourth-order valence-corrected chi connectivity index (χ4v) is 7.61. The first kappa shape index (κ1) is 39.7. The highest BCUT2D eigenvalue weighted by Crippen LogP contribution is 2.41. The molecule has 0 unspecified atom stereocenters. The molecule has 2 atom stereocenters. The van der Waals surface area contributed by atoms with Gasteiger partial charge in [0.15, 0.2) is 17.2 Å². The van der Waals surface area contributed by atoms with Crippen molar-refractivity contribution < 1.29 is 22.7 Å². The molecule has 278 valence electrons. The number of rotatable bonds is 11. The monoisotopic (exact) mass is 741 g/mol. The van der Waals surface area contributed by atoms with E-state index in [9.17, 15) is 13.2 Å². The lowest BCUT2D eigenvalue weighted by Gasteiger charge is -2.33. The van der Waals surface area contributed by atoms with Crippen LogP contribution in [0.25, 0.3) is 5.65 Å². The summed E-state index contributed by atoms with van der Waals surface area (Å²) in [7, 11) is 1.83. The number of sulfonamides is 1. The lowest BCUT2D eigenvalue weighted by Crippen LogP contribution is -2.37. The summed E-state index contributed by atoms with van der Waals surface area (Å²) in [6.45, 7) is 14.0. The van der Waals surface area contributed by atoms with Gasteiger partial charge in [-0.2, -0.15) is 0 Å². The number of aromatic nitrogens is 3. The minimum Gasteiger partial charge on any atom is -0.492 e. The van der Waals surface area contributed by atoms with Crippen molar-refractivity contribution in [1.82, 2.24) is 24.8 Å². The summed E-state index contributed by atoms with van der Waals surface area (Å²) >= 11 is 0. The third-order valence-electron chi connectivity index (χ3n) is 9.29. The quantitative estimate of drug-likeness (QED) is 0.144. The fourth-order valence-electron chi connectivity index (χ4n) is 6.16. The molecule has 0 bridgehead atoms. The van der Waals surface area contributed by atoms with Crippen molar-refractivity contribution in [3.63, 3.8) is 0 Å². The highest BCUT2D eigenvalue weighted by Gasteiger charge is 2.32. The van der Waals surface area contributed by atoms with Crippen LogP contribution in [0.4, 0.5) is 16.2 Å². The Morgan fingerprint density at radius 1 is 1.00 bits per heavy atom. The number of ether oxygens (including phenoxy) is 2. The molecule has 1 aliphatic carbocycles. The number of benzene rings is 2. The van der Waals surface area contributed by atoms with E-state index in [4.69, 9.17) is 9.47 Å². The van der Waals surface area contributed by atoms with Gasteiger partial charge in [-0.05, 0) is 93.1 Å². The van der Waals surface area contributed by atoms with Gasteiger partial charge < -0.3 is 20.1 Å². The normalized spacial score (nSPS) is 16.4. The zero-order valence-corrected chi connectivity index (χ0v) is 32.8. The average Bonchev–Trinajstić information content (AvgIpc) is 3.45. The molecule has 2 aromatic carbocycles. The van der Waals surface area contributed by atoms with Gasteiger partial charge in [0.2, 0.25) is 10.0 Å². The first-order chi connectivity index (χ1) is 23.4. The lowest BCUT2D eigenvalue weighted by molar-refractivity contribution is 0.170. The highest BCUT2D eigenvalue weighted by molar-refractivity contribution is 7.92. The molecule has 51 heavy (non-hydrogen) atoms. The van der Waals surface area contributed by atoms with Crippen LogP contribution in [0.15, 0.2) is 54.7 Å². The van der Waals surface area contributed by atoms with Crippen LogP contribution in [0.3, 0.4) is 0 Å². The molecule has 0 saturated heterocycles. The molecule has 0 radical (unpaired) electrons. The van der Waals surface area contributed by atoms with E-state index < -0.39 is 16.1 Å². The fraction of sp³-hybridized carbons (Fsp3) is 0.486. The second-order valence-corrected chi connectivity index (χ2v) is 16.9. The lowest BCUT2D eigenvalue weighted by atomic mass is 9.85. The number of carbonyl (C=O) groups is 1. The van der Waals surface area contributed by atoms with Gasteiger partial charge in [0.05, 0.1) is 42.0 Å². The van der Waals surface area contributed by atoms with Crippen LogP contribution in [0.2, 0.25) is 0 Å². The largest absolute Gasteiger partial charge is 0.492 e. The topological polar surface area (TPSA) is 139 Å². The van der Waals surface area contributed by atoms with E-state index in [0.717, 1.165) is 28.2 Å². The van der Waals surface area contributed by atoms with Gasteiger partial charge >= 0.3 is 6.03 Å². The Balaban J connectivity index is 0.00000583. The zero-order chi connectivity index (χ0) is 36.6. The molecule has 12 nitrogen and oxygen atoms in total. The van der Waals surface area contributed by atoms with E-state index in [1.165, 1.54) is 7.11 Å². The van der Waals surface area contributed by atoms with Crippen molar-refractivity contribution in [2.45, 2.75) is 84.4 Å². The maximum Gasteiger partial charge on any atom is 0.319 e. The van der Waals surface area contributed by atoms with E-state index in [1.54, 1.807) is 6.07 Å². The minimum atomic E-state index is -3.66. The summed E-state index contributed by atoms with van der Waals surface area (Å²) in [6, 6.07) is 14.7. The molecule has 0 saturated carbocycles. The van der Waals surface area contributed by atoms with Crippen LogP contribution >= 0.6 is 12.4 Å². The second kappa shape index (κ2) is 15.3. The van der Waals surface area contributed by atoms with Crippen LogP contribution in [-0.2, 0) is 21.0 Å². The summed E-state index contributed by atoms with van der Waals surface area (Å²) in [6.07, 6.45) is 3.02. The molecule has 2 heterocycles. The number of fused-ring (bicyclic) bond motifs is 2. The van der Waals surface area contributed by atoms with E-state index in [1.807, 2.05) is 102 Å². The summed E-state index contributed by atoms with van der Waals surface area (Å²) < 4.78 is 42.8. The van der Waals surface area contributed by atoms with Gasteiger partial charge in [-0.15, -0.1) is 22.6 Å². The average molecular weight is 742 g/mol. The van der Waals surface area contributed by atoms with Gasteiger partial charge in [0, 0.05) is 0 Å². The third kappa shape index (κ3) is 8.88. The van der Waals surface area contributed by atoms with Crippen LogP contribution in [0.1, 0.15) is 96.0 Å². The number of urea groups is 1. The van der Waals surface area contributed by atoms with Crippen LogP contribution < -0.4 is 24.8 Å². The summed E-state index contributed by atoms with van der Waals surface area (Å²) in [5, 5.41) is 14.9. The summed E-state index contributed by atoms with van der Waals surface area (Å²) in [4.78, 5) is 15.7. The number of nitrogens with zero attached hydrogens (tertiary/aromatic N) is 4. The highest BCUT2D eigenvalue weighted by atomic mass is 35.5. The maximum atomic E-state index is 13.6. The molecule has 0 spiro atoms. The van der Waals surface area contributed by atoms with Gasteiger partial charge in [0.25, 0.3) is 0 Å². The van der Waals surface area contributed by atoms with E-state index >= 15 is 0 Å². The van der Waals surface area contributed by atoms with E-state index in [2.05, 4.69) is 44.3 Å². The summed E-state index contributed by atoms with van der Waals surface area (Å²) in [5.41, 5.74) is 3.50. The van der Waals surface area contributed by atoms with Crippen molar-refractivity contribution in [2.24, 2.45) is 5.92 Å².